The second kappa shape index (κ2) is 10.5. The number of aromatic nitrogens is 2. The van der Waals surface area contributed by atoms with Gasteiger partial charge in [-0.05, 0) is 50.1 Å². The number of benzene rings is 2. The van der Waals surface area contributed by atoms with Gasteiger partial charge in [-0.15, -0.1) is 0 Å². The van der Waals surface area contributed by atoms with Gasteiger partial charge in [0.2, 0.25) is 0 Å². The molecule has 33 heavy (non-hydrogen) atoms. The number of para-hydroxylation sites is 1. The van der Waals surface area contributed by atoms with Gasteiger partial charge in [0.1, 0.15) is 17.4 Å². The first-order chi connectivity index (χ1) is 16.0. The van der Waals surface area contributed by atoms with Crippen LogP contribution < -0.4 is 10.1 Å². The molecule has 1 fully saturated rings. The number of rotatable bonds is 7. The summed E-state index contributed by atoms with van der Waals surface area (Å²) in [6.07, 6.45) is 3.72. The Morgan fingerprint density at radius 2 is 2.00 bits per heavy atom. The van der Waals surface area contributed by atoms with Crippen molar-refractivity contribution in [1.82, 2.24) is 20.2 Å². The van der Waals surface area contributed by atoms with Gasteiger partial charge in [-0.2, -0.15) is 0 Å². The molecule has 1 N–H and O–H groups in total. The second-order valence-electron chi connectivity index (χ2n) is 8.42. The number of nitrogens with one attached hydrogen (secondary N) is 1. The molecule has 3 aromatic rings. The third-order valence-electron chi connectivity index (χ3n) is 6.07. The third-order valence-corrected chi connectivity index (χ3v) is 6.07. The normalized spacial score (nSPS) is 16.4. The van der Waals surface area contributed by atoms with Crippen LogP contribution in [0.2, 0.25) is 0 Å². The summed E-state index contributed by atoms with van der Waals surface area (Å²) in [5.41, 5.74) is 3.13. The van der Waals surface area contributed by atoms with Crippen LogP contribution in [0, 0.1) is 12.7 Å². The summed E-state index contributed by atoms with van der Waals surface area (Å²) in [7, 11) is 1.70. The van der Waals surface area contributed by atoms with Crippen molar-refractivity contribution in [3.8, 4) is 5.75 Å². The molecule has 1 aliphatic heterocycles. The third kappa shape index (κ3) is 5.73. The van der Waals surface area contributed by atoms with E-state index in [-0.39, 0.29) is 17.6 Å². The fourth-order valence-corrected chi connectivity index (χ4v) is 4.27. The Labute approximate surface area is 193 Å². The highest BCUT2D eigenvalue weighted by atomic mass is 19.1. The first-order valence-corrected chi connectivity index (χ1v) is 11.2. The van der Waals surface area contributed by atoms with Gasteiger partial charge in [0.15, 0.2) is 0 Å². The van der Waals surface area contributed by atoms with Gasteiger partial charge in [0.05, 0.1) is 18.4 Å². The maximum absolute atomic E-state index is 13.0. The van der Waals surface area contributed by atoms with E-state index in [0.717, 1.165) is 49.6 Å². The number of carbonyl (C=O) groups excluding carboxylic acids is 1. The lowest BCUT2D eigenvalue weighted by Crippen LogP contribution is -2.35. The minimum absolute atomic E-state index is 0.225. The van der Waals surface area contributed by atoms with Crippen molar-refractivity contribution in [2.45, 2.75) is 38.8 Å². The highest BCUT2D eigenvalue weighted by molar-refractivity contribution is 5.94. The van der Waals surface area contributed by atoms with Gasteiger partial charge >= 0.3 is 0 Å². The number of likely N-dealkylation sites (tertiary alicyclic amines) is 1. The summed E-state index contributed by atoms with van der Waals surface area (Å²) in [5, 5.41) is 2.86. The number of nitrogens with zero attached hydrogens (tertiary/aromatic N) is 3. The number of amides is 1. The van der Waals surface area contributed by atoms with Crippen LogP contribution in [0.5, 0.6) is 5.75 Å². The minimum atomic E-state index is -0.297. The predicted molar refractivity (Wildman–Crippen MR) is 125 cm³/mol. The van der Waals surface area contributed by atoms with Crippen LogP contribution in [0.4, 0.5) is 4.39 Å². The number of carbonyl (C=O) groups is 1. The van der Waals surface area contributed by atoms with E-state index in [2.05, 4.69) is 26.3 Å². The lowest BCUT2D eigenvalue weighted by Gasteiger charge is -2.32. The fourth-order valence-electron chi connectivity index (χ4n) is 4.27. The zero-order valence-corrected chi connectivity index (χ0v) is 19.1. The van der Waals surface area contributed by atoms with Gasteiger partial charge in [0, 0.05) is 37.3 Å². The molecule has 7 heteroatoms. The summed E-state index contributed by atoms with van der Waals surface area (Å²) in [6.45, 7) is 4.88. The van der Waals surface area contributed by atoms with E-state index in [1.807, 2.05) is 25.1 Å². The SMILES string of the molecule is COc1ccccc1CN1CCC[C@H](c2ncc(C(=O)NCc3ccc(F)cc3)c(C)n2)C1. The number of halogens is 1. The fraction of sp³-hybridized carbons (Fsp3) is 0.346. The van der Waals surface area contributed by atoms with Crippen molar-refractivity contribution in [1.29, 1.82) is 0 Å². The van der Waals surface area contributed by atoms with E-state index in [9.17, 15) is 9.18 Å². The number of aryl methyl sites for hydroxylation is 1. The van der Waals surface area contributed by atoms with Crippen molar-refractivity contribution in [3.05, 3.63) is 88.8 Å². The molecule has 1 amide bonds. The molecule has 2 heterocycles. The summed E-state index contributed by atoms with van der Waals surface area (Å²) in [6, 6.07) is 14.2. The highest BCUT2D eigenvalue weighted by Gasteiger charge is 2.25. The van der Waals surface area contributed by atoms with Gasteiger partial charge in [-0.3, -0.25) is 9.69 Å². The first-order valence-electron chi connectivity index (χ1n) is 11.2. The number of methoxy groups -OCH3 is 1. The summed E-state index contributed by atoms with van der Waals surface area (Å²) in [5.74, 6) is 1.39. The second-order valence-corrected chi connectivity index (χ2v) is 8.42. The zero-order valence-electron chi connectivity index (χ0n) is 19.1. The summed E-state index contributed by atoms with van der Waals surface area (Å²) < 4.78 is 18.5. The summed E-state index contributed by atoms with van der Waals surface area (Å²) >= 11 is 0. The van der Waals surface area contributed by atoms with Gasteiger partial charge < -0.3 is 10.1 Å². The topological polar surface area (TPSA) is 67.3 Å². The molecule has 0 bridgehead atoms. The Kier molecular flexibility index (Phi) is 7.29. The molecule has 6 nitrogen and oxygen atoms in total. The molecule has 2 aromatic carbocycles. The Hall–Kier alpha value is -3.32. The van der Waals surface area contributed by atoms with Crippen LogP contribution >= 0.6 is 0 Å². The monoisotopic (exact) mass is 448 g/mol. The largest absolute Gasteiger partial charge is 0.496 e. The Balaban J connectivity index is 1.39. The maximum Gasteiger partial charge on any atom is 0.254 e. The van der Waals surface area contributed by atoms with Gasteiger partial charge in [-0.1, -0.05) is 30.3 Å². The molecule has 1 atom stereocenters. The van der Waals surface area contributed by atoms with Gasteiger partial charge in [-0.25, -0.2) is 14.4 Å². The van der Waals surface area contributed by atoms with Crippen molar-refractivity contribution < 1.29 is 13.9 Å². The van der Waals surface area contributed by atoms with Crippen molar-refractivity contribution in [2.24, 2.45) is 0 Å². The number of hydrogen-bond donors (Lipinski definition) is 1. The van der Waals surface area contributed by atoms with E-state index in [1.54, 1.807) is 25.4 Å². The predicted octanol–water partition coefficient (Wildman–Crippen LogP) is 4.24. The van der Waals surface area contributed by atoms with E-state index >= 15 is 0 Å². The smallest absolute Gasteiger partial charge is 0.254 e. The zero-order chi connectivity index (χ0) is 23.2. The Morgan fingerprint density at radius 1 is 1.21 bits per heavy atom. The first kappa shape index (κ1) is 22.9. The average Bonchev–Trinajstić information content (AvgIpc) is 2.84. The maximum atomic E-state index is 13.0. The molecule has 1 aliphatic rings. The van der Waals surface area contributed by atoms with Crippen LogP contribution in [0.25, 0.3) is 0 Å². The minimum Gasteiger partial charge on any atom is -0.496 e. The Morgan fingerprint density at radius 3 is 2.76 bits per heavy atom. The van der Waals surface area contributed by atoms with Crippen LogP contribution in [0.1, 0.15) is 51.8 Å². The molecule has 4 rings (SSSR count). The van der Waals surface area contributed by atoms with Crippen molar-refractivity contribution in [2.75, 3.05) is 20.2 Å². The molecule has 0 radical (unpaired) electrons. The van der Waals surface area contributed by atoms with Crippen molar-refractivity contribution >= 4 is 5.91 Å². The average molecular weight is 449 g/mol. The molecular weight excluding hydrogens is 419 g/mol. The lowest BCUT2D eigenvalue weighted by atomic mass is 9.96. The molecule has 0 saturated carbocycles. The van der Waals surface area contributed by atoms with Crippen LogP contribution in [0.15, 0.2) is 54.7 Å². The molecule has 1 saturated heterocycles. The number of hydrogen-bond acceptors (Lipinski definition) is 5. The molecular formula is C26H29FN4O2. The molecule has 0 aliphatic carbocycles. The molecule has 1 aromatic heterocycles. The lowest BCUT2D eigenvalue weighted by molar-refractivity contribution is 0.0949. The van der Waals surface area contributed by atoms with E-state index in [0.29, 0.717) is 17.8 Å². The van der Waals surface area contributed by atoms with Crippen LogP contribution in [0.3, 0.4) is 0 Å². The van der Waals surface area contributed by atoms with E-state index in [4.69, 9.17) is 4.74 Å². The molecule has 172 valence electrons. The van der Waals surface area contributed by atoms with Crippen LogP contribution in [-0.4, -0.2) is 41.0 Å². The Bertz CT molecular complexity index is 1100. The summed E-state index contributed by atoms with van der Waals surface area (Å²) in [4.78, 5) is 24.3. The standard InChI is InChI=1S/C26H29FN4O2/c1-18-23(26(32)29-14-19-9-11-22(27)12-10-19)15-28-25(30-18)21-7-5-13-31(17-21)16-20-6-3-4-8-24(20)33-2/h3-4,6,8-12,15,21H,5,7,13-14,16-17H2,1-2H3,(H,29,32)/t21-/m0/s1. The van der Waals surface area contributed by atoms with Crippen molar-refractivity contribution in [3.63, 3.8) is 0 Å². The highest BCUT2D eigenvalue weighted by Crippen LogP contribution is 2.28. The van der Waals surface area contributed by atoms with Crippen LogP contribution in [-0.2, 0) is 13.1 Å². The van der Waals surface area contributed by atoms with Gasteiger partial charge in [0.25, 0.3) is 5.91 Å². The molecule has 0 unspecified atom stereocenters. The number of ether oxygens (including phenoxy) is 1. The number of piperidine rings is 1. The van der Waals surface area contributed by atoms with E-state index < -0.39 is 0 Å². The van der Waals surface area contributed by atoms with E-state index in [1.165, 1.54) is 17.7 Å². The quantitative estimate of drug-likeness (QED) is 0.586. The molecule has 0 spiro atoms.